The van der Waals surface area contributed by atoms with E-state index in [2.05, 4.69) is 4.72 Å². The van der Waals surface area contributed by atoms with Gasteiger partial charge in [0.25, 0.3) is 10.0 Å². The number of carbonyl (C=O) groups is 1. The van der Waals surface area contributed by atoms with Gasteiger partial charge in [-0.05, 0) is 30.3 Å². The molecule has 2 aromatic carbocycles. The third kappa shape index (κ3) is 4.84. The molecule has 0 spiro atoms. The second kappa shape index (κ2) is 7.93. The van der Waals surface area contributed by atoms with Crippen LogP contribution in [0, 0.1) is 0 Å². The van der Waals surface area contributed by atoms with Crippen LogP contribution >= 0.6 is 23.2 Å². The first kappa shape index (κ1) is 19.8. The molecule has 1 unspecified atom stereocenters. The predicted molar refractivity (Wildman–Crippen MR) is 100 cm³/mol. The topological polar surface area (TPSA) is 102 Å². The summed E-state index contributed by atoms with van der Waals surface area (Å²) in [7, 11) is -3.99. The molecule has 0 amide bonds. The van der Waals surface area contributed by atoms with Crippen LogP contribution in [0.5, 0.6) is 5.75 Å². The van der Waals surface area contributed by atoms with Crippen molar-refractivity contribution < 1.29 is 27.8 Å². The van der Waals surface area contributed by atoms with Crippen molar-refractivity contribution in [3.8, 4) is 5.75 Å². The summed E-state index contributed by atoms with van der Waals surface area (Å²) in [6.45, 7) is 0.824. The van der Waals surface area contributed by atoms with Crippen LogP contribution in [0.25, 0.3) is 0 Å². The Morgan fingerprint density at radius 1 is 1.19 bits per heavy atom. The molecule has 1 saturated heterocycles. The molecule has 1 fully saturated rings. The maximum absolute atomic E-state index is 12.5. The lowest BCUT2D eigenvalue weighted by molar-refractivity contribution is 0.0268. The number of ether oxygens (including phenoxy) is 2. The number of rotatable bonds is 5. The van der Waals surface area contributed by atoms with E-state index >= 15 is 0 Å². The summed E-state index contributed by atoms with van der Waals surface area (Å²) in [6, 6.07) is 7.62. The Balaban J connectivity index is 1.77. The average molecular weight is 432 g/mol. The zero-order valence-electron chi connectivity index (χ0n) is 13.8. The fourth-order valence-electron chi connectivity index (χ4n) is 2.49. The van der Waals surface area contributed by atoms with Gasteiger partial charge in [0.1, 0.15) is 17.4 Å². The Kier molecular flexibility index (Phi) is 5.81. The molecular formula is C17H15Cl2NO6S. The molecule has 3 rings (SSSR count). The summed E-state index contributed by atoms with van der Waals surface area (Å²) in [5.41, 5.74) is -0.0139. The number of benzene rings is 2. The van der Waals surface area contributed by atoms with Gasteiger partial charge in [-0.3, -0.25) is 4.72 Å². The van der Waals surface area contributed by atoms with E-state index in [1.807, 2.05) is 0 Å². The van der Waals surface area contributed by atoms with E-state index in [4.69, 9.17) is 32.7 Å². The number of halogens is 2. The average Bonchev–Trinajstić information content (AvgIpc) is 3.06. The number of sulfonamides is 1. The van der Waals surface area contributed by atoms with Gasteiger partial charge in [0.15, 0.2) is 0 Å². The first-order valence-electron chi connectivity index (χ1n) is 7.85. The first-order chi connectivity index (χ1) is 12.7. The Labute approximate surface area is 165 Å². The molecule has 2 N–H and O–H groups in total. The second-order valence-corrected chi connectivity index (χ2v) is 8.39. The van der Waals surface area contributed by atoms with Crippen LogP contribution in [0.1, 0.15) is 16.8 Å². The molecule has 0 aliphatic carbocycles. The van der Waals surface area contributed by atoms with Gasteiger partial charge in [0.2, 0.25) is 0 Å². The minimum absolute atomic E-state index is 0.0596. The highest BCUT2D eigenvalue weighted by atomic mass is 35.5. The summed E-state index contributed by atoms with van der Waals surface area (Å²) >= 11 is 11.7. The van der Waals surface area contributed by atoms with E-state index in [9.17, 15) is 18.3 Å². The molecule has 7 nitrogen and oxygen atoms in total. The van der Waals surface area contributed by atoms with E-state index in [1.165, 1.54) is 30.3 Å². The lowest BCUT2D eigenvalue weighted by atomic mass is 10.2. The monoisotopic (exact) mass is 431 g/mol. The maximum Gasteiger partial charge on any atom is 0.342 e. The van der Waals surface area contributed by atoms with Gasteiger partial charge in [-0.2, -0.15) is 0 Å². The molecular weight excluding hydrogens is 417 g/mol. The Morgan fingerprint density at radius 3 is 2.48 bits per heavy atom. The van der Waals surface area contributed by atoms with Gasteiger partial charge in [0, 0.05) is 22.5 Å². The lowest BCUT2D eigenvalue weighted by Crippen LogP contribution is -2.18. The molecule has 1 aliphatic rings. The van der Waals surface area contributed by atoms with Crippen LogP contribution in [0.4, 0.5) is 5.69 Å². The maximum atomic E-state index is 12.5. The minimum atomic E-state index is -3.99. The Hall–Kier alpha value is -2.00. The third-order valence-electron chi connectivity index (χ3n) is 3.78. The van der Waals surface area contributed by atoms with E-state index < -0.39 is 21.7 Å². The van der Waals surface area contributed by atoms with Gasteiger partial charge < -0.3 is 14.6 Å². The Morgan fingerprint density at radius 2 is 1.89 bits per heavy atom. The molecule has 1 heterocycles. The molecule has 10 heteroatoms. The number of anilines is 1. The van der Waals surface area contributed by atoms with Crippen molar-refractivity contribution in [2.75, 3.05) is 17.9 Å². The van der Waals surface area contributed by atoms with Crippen LogP contribution in [0.2, 0.25) is 10.0 Å². The van der Waals surface area contributed by atoms with Crippen molar-refractivity contribution in [1.29, 1.82) is 0 Å². The van der Waals surface area contributed by atoms with Gasteiger partial charge in [0.05, 0.1) is 23.8 Å². The van der Waals surface area contributed by atoms with E-state index in [1.54, 1.807) is 0 Å². The SMILES string of the molecule is O=C(OC1CCOC1)c1ccc(NS(=O)(=O)c2cc(Cl)cc(Cl)c2)cc1O. The molecule has 1 aliphatic heterocycles. The van der Waals surface area contributed by atoms with E-state index in [0.717, 1.165) is 6.07 Å². The van der Waals surface area contributed by atoms with Crippen LogP contribution in [-0.2, 0) is 19.5 Å². The molecule has 0 radical (unpaired) electrons. The summed E-state index contributed by atoms with van der Waals surface area (Å²) in [5.74, 6) is -1.12. The number of carbonyl (C=O) groups excluding carboxylic acids is 1. The van der Waals surface area contributed by atoms with Crippen molar-refractivity contribution in [2.24, 2.45) is 0 Å². The molecule has 2 aromatic rings. The molecule has 0 bridgehead atoms. The fraction of sp³-hybridized carbons (Fsp3) is 0.235. The Bertz CT molecular complexity index is 953. The first-order valence-corrected chi connectivity index (χ1v) is 10.1. The smallest absolute Gasteiger partial charge is 0.342 e. The van der Waals surface area contributed by atoms with E-state index in [0.29, 0.717) is 19.6 Å². The number of hydrogen-bond acceptors (Lipinski definition) is 6. The lowest BCUT2D eigenvalue weighted by Gasteiger charge is -2.13. The van der Waals surface area contributed by atoms with Crippen molar-refractivity contribution in [1.82, 2.24) is 0 Å². The zero-order valence-corrected chi connectivity index (χ0v) is 16.1. The van der Waals surface area contributed by atoms with Crippen LogP contribution in [0.3, 0.4) is 0 Å². The number of phenolic OH excluding ortho intramolecular Hbond substituents is 1. The molecule has 27 heavy (non-hydrogen) atoms. The fourth-order valence-corrected chi connectivity index (χ4v) is 4.26. The highest BCUT2D eigenvalue weighted by Gasteiger charge is 2.23. The molecule has 0 aromatic heterocycles. The number of hydrogen-bond donors (Lipinski definition) is 2. The summed E-state index contributed by atoms with van der Waals surface area (Å²) in [4.78, 5) is 12.0. The van der Waals surface area contributed by atoms with Crippen molar-refractivity contribution in [2.45, 2.75) is 17.4 Å². The second-order valence-electron chi connectivity index (χ2n) is 5.83. The predicted octanol–water partition coefficient (Wildman–Crippen LogP) is 3.45. The summed E-state index contributed by atoms with van der Waals surface area (Å²) in [6.07, 6.45) is 0.231. The van der Waals surface area contributed by atoms with Gasteiger partial charge >= 0.3 is 5.97 Å². The number of esters is 1. The molecule has 1 atom stereocenters. The van der Waals surface area contributed by atoms with Gasteiger partial charge in [-0.1, -0.05) is 23.2 Å². The molecule has 0 saturated carbocycles. The standard InChI is InChI=1S/C17H15Cl2NO6S/c18-10-5-11(19)7-14(6-10)27(23,24)20-12-1-2-15(16(21)8-12)17(22)26-13-3-4-25-9-13/h1-2,5-8,13,20-21H,3-4,9H2. The van der Waals surface area contributed by atoms with Crippen LogP contribution < -0.4 is 4.72 Å². The van der Waals surface area contributed by atoms with Gasteiger partial charge in [-0.15, -0.1) is 0 Å². The van der Waals surface area contributed by atoms with Crippen molar-refractivity contribution in [3.63, 3.8) is 0 Å². The van der Waals surface area contributed by atoms with Crippen LogP contribution in [0.15, 0.2) is 41.3 Å². The van der Waals surface area contributed by atoms with Crippen LogP contribution in [-0.4, -0.2) is 38.8 Å². The quantitative estimate of drug-likeness (QED) is 0.702. The largest absolute Gasteiger partial charge is 0.507 e. The van der Waals surface area contributed by atoms with Gasteiger partial charge in [-0.25, -0.2) is 13.2 Å². The third-order valence-corrected chi connectivity index (χ3v) is 5.58. The summed E-state index contributed by atoms with van der Waals surface area (Å²) < 4.78 is 37.5. The normalized spacial score (nSPS) is 16.9. The highest BCUT2D eigenvalue weighted by Crippen LogP contribution is 2.27. The minimum Gasteiger partial charge on any atom is -0.507 e. The summed E-state index contributed by atoms with van der Waals surface area (Å²) in [5, 5.41) is 10.4. The zero-order chi connectivity index (χ0) is 19.6. The molecule has 144 valence electrons. The van der Waals surface area contributed by atoms with E-state index in [-0.39, 0.29) is 32.3 Å². The highest BCUT2D eigenvalue weighted by molar-refractivity contribution is 7.92. The number of aromatic hydroxyl groups is 1. The van der Waals surface area contributed by atoms with Crippen molar-refractivity contribution in [3.05, 3.63) is 52.0 Å². The number of nitrogens with one attached hydrogen (secondary N) is 1. The number of phenols is 1. The van der Waals surface area contributed by atoms with Crippen molar-refractivity contribution >= 4 is 44.9 Å².